The number of aromatic amines is 1. The lowest BCUT2D eigenvalue weighted by molar-refractivity contribution is 0.934. The normalized spacial score (nSPS) is 15.1. The molecule has 1 aromatic heterocycles. The van der Waals surface area contributed by atoms with E-state index in [9.17, 15) is 0 Å². The summed E-state index contributed by atoms with van der Waals surface area (Å²) in [4.78, 5) is 4.58. The molecule has 3 rings (SSSR count). The third-order valence-electron chi connectivity index (χ3n) is 3.14. The van der Waals surface area contributed by atoms with E-state index < -0.39 is 0 Å². The Morgan fingerprint density at radius 1 is 1.29 bits per heavy atom. The molecule has 0 atom stereocenters. The zero-order chi connectivity index (χ0) is 11.7. The molecule has 1 fully saturated rings. The van der Waals surface area contributed by atoms with Crippen molar-refractivity contribution in [3.63, 3.8) is 0 Å². The summed E-state index contributed by atoms with van der Waals surface area (Å²) >= 11 is 0. The van der Waals surface area contributed by atoms with Crippen LogP contribution in [0.25, 0.3) is 11.4 Å². The molecular weight excluding hydrogens is 212 g/mol. The molecule has 0 aliphatic heterocycles. The molecular formula is C13H16N4. The molecule has 0 spiro atoms. The van der Waals surface area contributed by atoms with E-state index in [2.05, 4.69) is 27.3 Å². The number of rotatable bonds is 4. The molecule has 1 aliphatic carbocycles. The Hall–Kier alpha value is -1.68. The minimum Gasteiger partial charge on any atom is -0.330 e. The zero-order valence-corrected chi connectivity index (χ0v) is 9.69. The number of H-pyrrole nitrogens is 1. The smallest absolute Gasteiger partial charge is 0.181 e. The number of hydrogen-bond acceptors (Lipinski definition) is 3. The highest BCUT2D eigenvalue weighted by molar-refractivity contribution is 5.60. The topological polar surface area (TPSA) is 67.6 Å². The molecule has 0 radical (unpaired) electrons. The average Bonchev–Trinajstić information content (AvgIpc) is 3.09. The van der Waals surface area contributed by atoms with Crippen molar-refractivity contribution in [2.45, 2.75) is 25.2 Å². The molecule has 4 heteroatoms. The van der Waals surface area contributed by atoms with Gasteiger partial charge in [0.1, 0.15) is 5.82 Å². The van der Waals surface area contributed by atoms with Gasteiger partial charge >= 0.3 is 0 Å². The van der Waals surface area contributed by atoms with Crippen LogP contribution in [-0.4, -0.2) is 21.7 Å². The predicted octanol–water partition coefficient (Wildman–Crippen LogP) is 1.85. The average molecular weight is 228 g/mol. The van der Waals surface area contributed by atoms with Crippen LogP contribution in [0.3, 0.4) is 0 Å². The highest BCUT2D eigenvalue weighted by atomic mass is 15.2. The molecule has 1 aliphatic rings. The van der Waals surface area contributed by atoms with Gasteiger partial charge in [-0.1, -0.05) is 24.3 Å². The van der Waals surface area contributed by atoms with Crippen molar-refractivity contribution in [2.75, 3.05) is 6.54 Å². The molecule has 88 valence electrons. The summed E-state index contributed by atoms with van der Waals surface area (Å²) in [5.74, 6) is 2.44. The van der Waals surface area contributed by atoms with E-state index in [1.54, 1.807) is 0 Å². The first-order chi connectivity index (χ1) is 8.38. The number of benzene rings is 1. The second-order valence-corrected chi connectivity index (χ2v) is 4.51. The van der Waals surface area contributed by atoms with E-state index in [4.69, 9.17) is 5.73 Å². The number of nitrogens with zero attached hydrogens (tertiary/aromatic N) is 2. The summed E-state index contributed by atoms with van der Waals surface area (Å²) in [5, 5.41) is 7.36. The Labute approximate surface area is 100 Å². The zero-order valence-electron chi connectivity index (χ0n) is 9.69. The summed E-state index contributed by atoms with van der Waals surface area (Å²) in [6.07, 6.45) is 3.33. The molecule has 1 aromatic carbocycles. The minimum absolute atomic E-state index is 0.609. The number of hydrogen-bond donors (Lipinski definition) is 2. The van der Waals surface area contributed by atoms with E-state index >= 15 is 0 Å². The first-order valence-corrected chi connectivity index (χ1v) is 6.09. The van der Waals surface area contributed by atoms with Crippen LogP contribution >= 0.6 is 0 Å². The van der Waals surface area contributed by atoms with Crippen LogP contribution in [0.15, 0.2) is 24.3 Å². The van der Waals surface area contributed by atoms with E-state index in [0.717, 1.165) is 23.6 Å². The van der Waals surface area contributed by atoms with Gasteiger partial charge in [0.05, 0.1) is 0 Å². The van der Waals surface area contributed by atoms with Crippen LogP contribution in [0.2, 0.25) is 0 Å². The lowest BCUT2D eigenvalue weighted by Crippen LogP contribution is -2.04. The lowest BCUT2D eigenvalue weighted by atomic mass is 10.0. The van der Waals surface area contributed by atoms with Crippen LogP contribution in [0, 0.1) is 0 Å². The van der Waals surface area contributed by atoms with Crippen LogP contribution in [0.4, 0.5) is 0 Å². The second-order valence-electron chi connectivity index (χ2n) is 4.51. The van der Waals surface area contributed by atoms with Gasteiger partial charge in [-0.15, -0.1) is 0 Å². The molecule has 0 saturated heterocycles. The molecule has 3 N–H and O–H groups in total. The number of nitrogens with two attached hydrogens (primary N) is 1. The first kappa shape index (κ1) is 10.5. The van der Waals surface area contributed by atoms with Crippen molar-refractivity contribution >= 4 is 0 Å². The quantitative estimate of drug-likeness (QED) is 0.839. The standard InChI is InChI=1S/C13H16N4/c14-8-7-9-3-1-2-4-11(9)13-15-12(16-17-13)10-5-6-10/h1-4,10H,5-8,14H2,(H,15,16,17). The molecule has 0 amide bonds. The van der Waals surface area contributed by atoms with Crippen LogP contribution in [0.1, 0.15) is 30.1 Å². The Kier molecular flexibility index (Phi) is 2.65. The van der Waals surface area contributed by atoms with Gasteiger partial charge in [-0.2, -0.15) is 5.10 Å². The maximum atomic E-state index is 5.62. The third-order valence-corrected chi connectivity index (χ3v) is 3.14. The fraction of sp³-hybridized carbons (Fsp3) is 0.385. The molecule has 0 bridgehead atoms. The van der Waals surface area contributed by atoms with Crippen LogP contribution < -0.4 is 5.73 Å². The van der Waals surface area contributed by atoms with Crippen molar-refractivity contribution in [3.8, 4) is 11.4 Å². The van der Waals surface area contributed by atoms with Crippen LogP contribution in [-0.2, 0) is 6.42 Å². The van der Waals surface area contributed by atoms with Crippen molar-refractivity contribution < 1.29 is 0 Å². The van der Waals surface area contributed by atoms with Gasteiger partial charge in [0.15, 0.2) is 5.82 Å². The monoisotopic (exact) mass is 228 g/mol. The fourth-order valence-electron chi connectivity index (χ4n) is 2.05. The van der Waals surface area contributed by atoms with Crippen LogP contribution in [0.5, 0.6) is 0 Å². The molecule has 1 saturated carbocycles. The van der Waals surface area contributed by atoms with Gasteiger partial charge < -0.3 is 5.73 Å². The SMILES string of the molecule is NCCc1ccccc1-c1n[nH]c(C2CC2)n1. The highest BCUT2D eigenvalue weighted by Crippen LogP contribution is 2.38. The van der Waals surface area contributed by atoms with Crippen molar-refractivity contribution in [1.29, 1.82) is 0 Å². The summed E-state index contributed by atoms with van der Waals surface area (Å²) in [7, 11) is 0. The van der Waals surface area contributed by atoms with E-state index in [1.165, 1.54) is 18.4 Å². The Balaban J connectivity index is 1.95. The molecule has 2 aromatic rings. The van der Waals surface area contributed by atoms with Crippen molar-refractivity contribution in [2.24, 2.45) is 5.73 Å². The predicted molar refractivity (Wildman–Crippen MR) is 66.6 cm³/mol. The second kappa shape index (κ2) is 4.30. The molecule has 4 nitrogen and oxygen atoms in total. The van der Waals surface area contributed by atoms with Gasteiger partial charge in [-0.3, -0.25) is 5.10 Å². The third kappa shape index (κ3) is 2.08. The Bertz CT molecular complexity index is 514. The number of aromatic nitrogens is 3. The van der Waals surface area contributed by atoms with Gasteiger partial charge in [-0.05, 0) is 31.4 Å². The van der Waals surface area contributed by atoms with Crippen molar-refractivity contribution in [1.82, 2.24) is 15.2 Å². The lowest BCUT2D eigenvalue weighted by Gasteiger charge is -2.04. The van der Waals surface area contributed by atoms with E-state index in [1.807, 2.05) is 12.1 Å². The first-order valence-electron chi connectivity index (χ1n) is 6.09. The Morgan fingerprint density at radius 2 is 2.12 bits per heavy atom. The largest absolute Gasteiger partial charge is 0.330 e. The van der Waals surface area contributed by atoms with E-state index in [-0.39, 0.29) is 0 Å². The maximum Gasteiger partial charge on any atom is 0.181 e. The van der Waals surface area contributed by atoms with Gasteiger partial charge in [0, 0.05) is 11.5 Å². The summed E-state index contributed by atoms with van der Waals surface area (Å²) in [5.41, 5.74) is 7.94. The maximum absolute atomic E-state index is 5.62. The van der Waals surface area contributed by atoms with E-state index in [0.29, 0.717) is 12.5 Å². The fourth-order valence-corrected chi connectivity index (χ4v) is 2.05. The highest BCUT2D eigenvalue weighted by Gasteiger charge is 2.27. The molecule has 1 heterocycles. The summed E-state index contributed by atoms with van der Waals surface area (Å²) in [6, 6.07) is 8.20. The number of nitrogens with one attached hydrogen (secondary N) is 1. The summed E-state index contributed by atoms with van der Waals surface area (Å²) in [6.45, 7) is 0.650. The van der Waals surface area contributed by atoms with Gasteiger partial charge in [0.25, 0.3) is 0 Å². The minimum atomic E-state index is 0.609. The molecule has 17 heavy (non-hydrogen) atoms. The van der Waals surface area contributed by atoms with Crippen molar-refractivity contribution in [3.05, 3.63) is 35.7 Å². The van der Waals surface area contributed by atoms with Gasteiger partial charge in [0.2, 0.25) is 0 Å². The summed E-state index contributed by atoms with van der Waals surface area (Å²) < 4.78 is 0. The molecule has 0 unspecified atom stereocenters. The van der Waals surface area contributed by atoms with Gasteiger partial charge in [-0.25, -0.2) is 4.98 Å². The Morgan fingerprint density at radius 3 is 2.88 bits per heavy atom.